The summed E-state index contributed by atoms with van der Waals surface area (Å²) in [6, 6.07) is 7.71. The Morgan fingerprint density at radius 1 is 1.13 bits per heavy atom. The predicted octanol–water partition coefficient (Wildman–Crippen LogP) is 2.41. The molecule has 31 heavy (non-hydrogen) atoms. The van der Waals surface area contributed by atoms with Gasteiger partial charge < -0.3 is 9.64 Å². The highest BCUT2D eigenvalue weighted by Gasteiger charge is 2.31. The van der Waals surface area contributed by atoms with Crippen molar-refractivity contribution in [3.05, 3.63) is 65.3 Å². The van der Waals surface area contributed by atoms with E-state index >= 15 is 0 Å². The van der Waals surface area contributed by atoms with Crippen LogP contribution in [0.1, 0.15) is 10.5 Å². The molecule has 1 aromatic carbocycles. The topological polar surface area (TPSA) is 84.7 Å². The molecule has 0 radical (unpaired) electrons. The molecule has 0 unspecified atom stereocenters. The van der Waals surface area contributed by atoms with Crippen LogP contribution in [0, 0.1) is 11.6 Å². The predicted molar refractivity (Wildman–Crippen MR) is 108 cm³/mol. The molecule has 1 aliphatic rings. The highest BCUT2D eigenvalue weighted by molar-refractivity contribution is 7.91. The van der Waals surface area contributed by atoms with Crippen molar-refractivity contribution in [1.29, 1.82) is 0 Å². The number of sulfonamides is 1. The SMILES string of the molecule is O=C(c1ccn(COc2ccc(F)cc2F)n1)N1CCN(S(=O)(=O)c2cccs2)CC1. The van der Waals surface area contributed by atoms with Gasteiger partial charge in [-0.15, -0.1) is 11.3 Å². The van der Waals surface area contributed by atoms with E-state index in [1.807, 2.05) is 0 Å². The summed E-state index contributed by atoms with van der Waals surface area (Å²) in [5, 5.41) is 5.84. The second-order valence-electron chi connectivity index (χ2n) is 6.72. The zero-order chi connectivity index (χ0) is 22.0. The van der Waals surface area contributed by atoms with E-state index in [1.165, 1.54) is 32.2 Å². The first-order chi connectivity index (χ1) is 14.8. The van der Waals surface area contributed by atoms with E-state index in [-0.39, 0.29) is 54.5 Å². The molecule has 0 saturated carbocycles. The molecule has 0 aliphatic carbocycles. The molecule has 3 aromatic rings. The first kappa shape index (κ1) is 21.4. The number of carbonyl (C=O) groups is 1. The molecule has 1 amide bonds. The van der Waals surface area contributed by atoms with Gasteiger partial charge in [0.25, 0.3) is 15.9 Å². The minimum atomic E-state index is -3.54. The van der Waals surface area contributed by atoms with Gasteiger partial charge in [-0.3, -0.25) is 4.79 Å². The number of halogens is 2. The molecule has 0 spiro atoms. The van der Waals surface area contributed by atoms with Crippen molar-refractivity contribution in [2.24, 2.45) is 0 Å². The number of hydrogen-bond acceptors (Lipinski definition) is 6. The summed E-state index contributed by atoms with van der Waals surface area (Å²) in [6.45, 7) is 0.711. The number of ether oxygens (including phenoxy) is 1. The van der Waals surface area contributed by atoms with E-state index in [2.05, 4.69) is 5.10 Å². The molecular weight excluding hydrogens is 450 g/mol. The third-order valence-corrected chi connectivity index (χ3v) is 7.99. The Labute approximate surface area is 181 Å². The van der Waals surface area contributed by atoms with Crippen LogP contribution in [0.25, 0.3) is 0 Å². The van der Waals surface area contributed by atoms with Crippen LogP contribution in [-0.2, 0) is 16.8 Å². The normalized spacial score (nSPS) is 15.2. The standard InChI is InChI=1S/C19H18F2N4O4S2/c20-14-3-4-17(15(21)12-14)29-13-24-6-5-16(22-24)19(26)23-7-9-25(10-8-23)31(27,28)18-2-1-11-30-18/h1-6,11-12H,7-10,13H2. The van der Waals surface area contributed by atoms with Crippen molar-refractivity contribution in [2.75, 3.05) is 26.2 Å². The van der Waals surface area contributed by atoms with Crippen LogP contribution in [0.15, 0.2) is 52.2 Å². The van der Waals surface area contributed by atoms with E-state index in [0.29, 0.717) is 6.07 Å². The third-order valence-electron chi connectivity index (χ3n) is 4.72. The Bertz CT molecular complexity index is 1170. The van der Waals surface area contributed by atoms with Crippen LogP contribution < -0.4 is 4.74 Å². The maximum absolute atomic E-state index is 13.6. The number of benzene rings is 1. The van der Waals surface area contributed by atoms with E-state index in [4.69, 9.17) is 4.74 Å². The van der Waals surface area contributed by atoms with E-state index in [1.54, 1.807) is 17.5 Å². The summed E-state index contributed by atoms with van der Waals surface area (Å²) >= 11 is 1.16. The molecule has 0 bridgehead atoms. The number of aromatic nitrogens is 2. The van der Waals surface area contributed by atoms with Crippen molar-refractivity contribution >= 4 is 27.3 Å². The van der Waals surface area contributed by atoms with Crippen molar-refractivity contribution < 1.29 is 26.7 Å². The van der Waals surface area contributed by atoms with E-state index < -0.39 is 21.7 Å². The Morgan fingerprint density at radius 2 is 1.90 bits per heavy atom. The fourth-order valence-electron chi connectivity index (χ4n) is 3.11. The second-order valence-corrected chi connectivity index (χ2v) is 9.83. The summed E-state index contributed by atoms with van der Waals surface area (Å²) in [5.41, 5.74) is 0.165. The van der Waals surface area contributed by atoms with Gasteiger partial charge in [0, 0.05) is 38.4 Å². The quantitative estimate of drug-likeness (QED) is 0.555. The highest BCUT2D eigenvalue weighted by Crippen LogP contribution is 2.22. The summed E-state index contributed by atoms with van der Waals surface area (Å²) in [7, 11) is -3.54. The maximum Gasteiger partial charge on any atom is 0.274 e. The van der Waals surface area contributed by atoms with Gasteiger partial charge in [0.15, 0.2) is 24.0 Å². The average Bonchev–Trinajstić information content (AvgIpc) is 3.45. The van der Waals surface area contributed by atoms with Gasteiger partial charge in [-0.05, 0) is 29.6 Å². The number of rotatable bonds is 6. The lowest BCUT2D eigenvalue weighted by Crippen LogP contribution is -2.50. The first-order valence-corrected chi connectivity index (χ1v) is 11.6. The van der Waals surface area contributed by atoms with Gasteiger partial charge >= 0.3 is 0 Å². The highest BCUT2D eigenvalue weighted by atomic mass is 32.2. The molecule has 4 rings (SSSR count). The summed E-state index contributed by atoms with van der Waals surface area (Å²) in [6.07, 6.45) is 1.51. The van der Waals surface area contributed by atoms with Crippen molar-refractivity contribution in [2.45, 2.75) is 10.9 Å². The molecule has 1 fully saturated rings. The zero-order valence-corrected chi connectivity index (χ0v) is 17.8. The molecule has 8 nitrogen and oxygen atoms in total. The lowest BCUT2D eigenvalue weighted by Gasteiger charge is -2.33. The molecule has 12 heteroatoms. The van der Waals surface area contributed by atoms with Crippen LogP contribution in [0.2, 0.25) is 0 Å². The molecule has 2 aromatic heterocycles. The monoisotopic (exact) mass is 468 g/mol. The second kappa shape index (κ2) is 8.73. The van der Waals surface area contributed by atoms with Gasteiger partial charge in [-0.25, -0.2) is 21.9 Å². The van der Waals surface area contributed by atoms with E-state index in [0.717, 1.165) is 17.4 Å². The minimum absolute atomic E-state index is 0.132. The largest absolute Gasteiger partial charge is 0.468 e. The fourth-order valence-corrected chi connectivity index (χ4v) is 5.67. The minimum Gasteiger partial charge on any atom is -0.468 e. The maximum atomic E-state index is 13.6. The number of thiophene rings is 1. The van der Waals surface area contributed by atoms with Gasteiger partial charge in [0.2, 0.25) is 0 Å². The summed E-state index contributed by atoms with van der Waals surface area (Å²) in [5.74, 6) is -2.01. The molecular formula is C19H18F2N4O4S2. The Kier molecular flexibility index (Phi) is 6.03. The van der Waals surface area contributed by atoms with Crippen molar-refractivity contribution in [1.82, 2.24) is 19.0 Å². The third kappa shape index (κ3) is 4.60. The average molecular weight is 469 g/mol. The Morgan fingerprint density at radius 3 is 2.58 bits per heavy atom. The molecule has 1 aliphatic heterocycles. The van der Waals surface area contributed by atoms with Crippen LogP contribution >= 0.6 is 11.3 Å². The van der Waals surface area contributed by atoms with Gasteiger partial charge in [-0.2, -0.15) is 9.40 Å². The number of nitrogens with zero attached hydrogens (tertiary/aromatic N) is 4. The molecule has 0 N–H and O–H groups in total. The zero-order valence-electron chi connectivity index (χ0n) is 16.1. The lowest BCUT2D eigenvalue weighted by molar-refractivity contribution is 0.0690. The first-order valence-electron chi connectivity index (χ1n) is 9.29. The lowest BCUT2D eigenvalue weighted by atomic mass is 10.3. The van der Waals surface area contributed by atoms with Gasteiger partial charge in [0.05, 0.1) is 0 Å². The van der Waals surface area contributed by atoms with Crippen molar-refractivity contribution in [3.8, 4) is 5.75 Å². The summed E-state index contributed by atoms with van der Waals surface area (Å²) in [4.78, 5) is 14.2. The number of hydrogen-bond donors (Lipinski definition) is 0. The Balaban J connectivity index is 1.34. The summed E-state index contributed by atoms with van der Waals surface area (Å²) < 4.78 is 60.0. The number of piperazine rings is 1. The van der Waals surface area contributed by atoms with Gasteiger partial charge in [-0.1, -0.05) is 6.07 Å². The van der Waals surface area contributed by atoms with Crippen LogP contribution in [-0.4, -0.2) is 59.5 Å². The smallest absolute Gasteiger partial charge is 0.274 e. The molecule has 0 atom stereocenters. The van der Waals surface area contributed by atoms with Crippen LogP contribution in [0.3, 0.4) is 0 Å². The van der Waals surface area contributed by atoms with Gasteiger partial charge in [0.1, 0.15) is 10.0 Å². The van der Waals surface area contributed by atoms with E-state index in [9.17, 15) is 22.0 Å². The van der Waals surface area contributed by atoms with Crippen molar-refractivity contribution in [3.63, 3.8) is 0 Å². The molecule has 164 valence electrons. The Hall–Kier alpha value is -2.83. The van der Waals surface area contributed by atoms with Crippen LogP contribution in [0.5, 0.6) is 5.75 Å². The molecule has 3 heterocycles. The molecule has 1 saturated heterocycles. The fraction of sp³-hybridized carbons (Fsp3) is 0.263. The number of amides is 1. The van der Waals surface area contributed by atoms with Crippen LogP contribution in [0.4, 0.5) is 8.78 Å². The number of carbonyl (C=O) groups excluding carboxylic acids is 1.